The van der Waals surface area contributed by atoms with E-state index in [1.54, 1.807) is 30.3 Å². The second-order valence-corrected chi connectivity index (χ2v) is 7.32. The molecule has 9 nitrogen and oxygen atoms in total. The molecule has 0 unspecified atom stereocenters. The van der Waals surface area contributed by atoms with E-state index in [0.29, 0.717) is 12.0 Å². The molecule has 0 bridgehead atoms. The number of hydrogen-bond acceptors (Lipinski definition) is 5. The van der Waals surface area contributed by atoms with Gasteiger partial charge in [-0.3, -0.25) is 14.4 Å². The summed E-state index contributed by atoms with van der Waals surface area (Å²) >= 11 is 0. The fourth-order valence-corrected chi connectivity index (χ4v) is 2.75. The van der Waals surface area contributed by atoms with Crippen molar-refractivity contribution in [3.8, 4) is 0 Å². The van der Waals surface area contributed by atoms with E-state index in [9.17, 15) is 24.3 Å². The zero-order valence-corrected chi connectivity index (χ0v) is 16.6. The molecule has 0 saturated carbocycles. The van der Waals surface area contributed by atoms with Crippen molar-refractivity contribution in [2.45, 2.75) is 57.7 Å². The minimum atomic E-state index is -1.23. The lowest BCUT2D eigenvalue weighted by molar-refractivity contribution is -0.143. The third-order valence-electron chi connectivity index (χ3n) is 4.24. The van der Waals surface area contributed by atoms with Gasteiger partial charge in [0, 0.05) is 12.8 Å². The van der Waals surface area contributed by atoms with E-state index in [0.717, 1.165) is 0 Å². The third kappa shape index (κ3) is 9.20. The molecule has 0 aliphatic carbocycles. The normalized spacial score (nSPS) is 13.9. The molecular formula is C20H29N3O6. The summed E-state index contributed by atoms with van der Waals surface area (Å²) in [6.07, 6.45) is -0.105. The van der Waals surface area contributed by atoms with Crippen LogP contribution in [0, 0.1) is 5.92 Å². The summed E-state index contributed by atoms with van der Waals surface area (Å²) in [6.45, 7) is 3.78. The Balaban J connectivity index is 2.86. The zero-order chi connectivity index (χ0) is 22.0. The van der Waals surface area contributed by atoms with Crippen molar-refractivity contribution < 1.29 is 29.4 Å². The number of carboxylic acid groups (broad SMARTS) is 2. The van der Waals surface area contributed by atoms with Gasteiger partial charge in [0.05, 0.1) is 6.04 Å². The predicted octanol–water partition coefficient (Wildman–Crippen LogP) is 0.522. The number of rotatable bonds is 12. The van der Waals surface area contributed by atoms with Gasteiger partial charge in [-0.25, -0.2) is 4.79 Å². The summed E-state index contributed by atoms with van der Waals surface area (Å²) in [4.78, 5) is 47.4. The van der Waals surface area contributed by atoms with Crippen LogP contribution in [0.1, 0.15) is 38.7 Å². The van der Waals surface area contributed by atoms with E-state index in [2.05, 4.69) is 10.6 Å². The second-order valence-electron chi connectivity index (χ2n) is 7.32. The molecule has 0 radical (unpaired) electrons. The molecule has 9 heteroatoms. The Kier molecular flexibility index (Phi) is 9.81. The van der Waals surface area contributed by atoms with Crippen molar-refractivity contribution in [1.82, 2.24) is 10.6 Å². The Morgan fingerprint density at radius 2 is 1.55 bits per heavy atom. The molecule has 0 heterocycles. The first-order valence-corrected chi connectivity index (χ1v) is 9.45. The lowest BCUT2D eigenvalue weighted by atomic mass is 10.0. The summed E-state index contributed by atoms with van der Waals surface area (Å²) in [5.74, 6) is -3.56. The van der Waals surface area contributed by atoms with Crippen molar-refractivity contribution in [1.29, 1.82) is 0 Å². The molecule has 160 valence electrons. The van der Waals surface area contributed by atoms with Gasteiger partial charge in [0.15, 0.2) is 0 Å². The third-order valence-corrected chi connectivity index (χ3v) is 4.24. The molecule has 0 saturated heterocycles. The van der Waals surface area contributed by atoms with Crippen LogP contribution in [0.25, 0.3) is 0 Å². The van der Waals surface area contributed by atoms with Crippen molar-refractivity contribution >= 4 is 23.8 Å². The Bertz CT molecular complexity index is 707. The van der Waals surface area contributed by atoms with Crippen LogP contribution in [0.3, 0.4) is 0 Å². The number of nitrogens with one attached hydrogen (secondary N) is 2. The quantitative estimate of drug-likeness (QED) is 0.338. The number of amides is 2. The Morgan fingerprint density at radius 1 is 0.966 bits per heavy atom. The van der Waals surface area contributed by atoms with Gasteiger partial charge in [0.1, 0.15) is 12.1 Å². The number of nitrogens with two attached hydrogens (primary N) is 1. The van der Waals surface area contributed by atoms with Crippen LogP contribution in [-0.2, 0) is 25.6 Å². The van der Waals surface area contributed by atoms with Crippen LogP contribution in [0.5, 0.6) is 0 Å². The summed E-state index contributed by atoms with van der Waals surface area (Å²) in [5, 5.41) is 23.2. The Morgan fingerprint density at radius 3 is 2.07 bits per heavy atom. The van der Waals surface area contributed by atoms with E-state index in [1.165, 1.54) is 0 Å². The van der Waals surface area contributed by atoms with Crippen LogP contribution in [0.2, 0.25) is 0 Å². The van der Waals surface area contributed by atoms with Crippen LogP contribution in [0.15, 0.2) is 30.3 Å². The molecule has 29 heavy (non-hydrogen) atoms. The maximum absolute atomic E-state index is 12.6. The van der Waals surface area contributed by atoms with Crippen LogP contribution < -0.4 is 16.4 Å². The number of benzene rings is 1. The van der Waals surface area contributed by atoms with Gasteiger partial charge >= 0.3 is 11.9 Å². The highest BCUT2D eigenvalue weighted by Crippen LogP contribution is 2.07. The van der Waals surface area contributed by atoms with E-state index in [-0.39, 0.29) is 25.2 Å². The smallest absolute Gasteiger partial charge is 0.326 e. The van der Waals surface area contributed by atoms with Gasteiger partial charge in [-0.15, -0.1) is 0 Å². The predicted molar refractivity (Wildman–Crippen MR) is 106 cm³/mol. The molecule has 0 aliphatic rings. The van der Waals surface area contributed by atoms with Gasteiger partial charge in [-0.05, 0) is 24.3 Å². The fraction of sp³-hybridized carbons (Fsp3) is 0.500. The number of aliphatic carboxylic acids is 2. The highest BCUT2D eigenvalue weighted by Gasteiger charge is 2.28. The summed E-state index contributed by atoms with van der Waals surface area (Å²) < 4.78 is 0. The SMILES string of the molecule is CC(C)C[C@H](N)C(=O)N[C@@H](CCC(=O)O)C(=O)N[C@@H](Cc1ccccc1)C(=O)O. The van der Waals surface area contributed by atoms with E-state index in [4.69, 9.17) is 10.8 Å². The standard InChI is InChI=1S/C20H29N3O6/c1-12(2)10-14(21)18(26)22-15(8-9-17(24)25)19(27)23-16(20(28)29)11-13-6-4-3-5-7-13/h3-7,12,14-16H,8-11,21H2,1-2H3,(H,22,26)(H,23,27)(H,24,25)(H,28,29)/t14-,15-,16-/m0/s1. The molecule has 0 spiro atoms. The van der Waals surface area contributed by atoms with Crippen molar-refractivity contribution in [3.05, 3.63) is 35.9 Å². The molecule has 1 aromatic carbocycles. The van der Waals surface area contributed by atoms with Crippen LogP contribution in [0.4, 0.5) is 0 Å². The summed E-state index contributed by atoms with van der Waals surface area (Å²) in [6, 6.07) is 5.48. The largest absolute Gasteiger partial charge is 0.481 e. The summed E-state index contributed by atoms with van der Waals surface area (Å²) in [7, 11) is 0. The first kappa shape index (κ1) is 24.1. The maximum Gasteiger partial charge on any atom is 0.326 e. The lowest BCUT2D eigenvalue weighted by Gasteiger charge is -2.23. The average Bonchev–Trinajstić information content (AvgIpc) is 2.64. The minimum absolute atomic E-state index is 0.0500. The lowest BCUT2D eigenvalue weighted by Crippen LogP contribution is -2.55. The highest BCUT2D eigenvalue weighted by atomic mass is 16.4. The van der Waals surface area contributed by atoms with E-state index >= 15 is 0 Å². The monoisotopic (exact) mass is 407 g/mol. The Labute approximate surface area is 169 Å². The molecule has 3 atom stereocenters. The molecular weight excluding hydrogens is 378 g/mol. The number of carboxylic acids is 2. The van der Waals surface area contributed by atoms with E-state index < -0.39 is 41.9 Å². The van der Waals surface area contributed by atoms with E-state index in [1.807, 2.05) is 13.8 Å². The van der Waals surface area contributed by atoms with Gasteiger partial charge < -0.3 is 26.6 Å². The molecule has 0 aromatic heterocycles. The van der Waals surface area contributed by atoms with Gasteiger partial charge in [-0.2, -0.15) is 0 Å². The van der Waals surface area contributed by atoms with Gasteiger partial charge in [0.25, 0.3) is 0 Å². The molecule has 1 aromatic rings. The highest BCUT2D eigenvalue weighted by molar-refractivity contribution is 5.92. The summed E-state index contributed by atoms with van der Waals surface area (Å²) in [5.41, 5.74) is 6.53. The maximum atomic E-state index is 12.6. The minimum Gasteiger partial charge on any atom is -0.481 e. The molecule has 0 fully saturated rings. The first-order valence-electron chi connectivity index (χ1n) is 9.45. The number of carbonyl (C=O) groups is 4. The molecule has 1 rings (SSSR count). The van der Waals surface area contributed by atoms with Crippen LogP contribution in [-0.4, -0.2) is 52.1 Å². The van der Waals surface area contributed by atoms with Crippen molar-refractivity contribution in [2.75, 3.05) is 0 Å². The molecule has 0 aliphatic heterocycles. The van der Waals surface area contributed by atoms with Gasteiger partial charge in [-0.1, -0.05) is 44.2 Å². The zero-order valence-electron chi connectivity index (χ0n) is 16.6. The van der Waals surface area contributed by atoms with Crippen molar-refractivity contribution in [3.63, 3.8) is 0 Å². The van der Waals surface area contributed by atoms with Gasteiger partial charge in [0.2, 0.25) is 11.8 Å². The average molecular weight is 407 g/mol. The number of hydrogen-bond donors (Lipinski definition) is 5. The Hall–Kier alpha value is -2.94. The fourth-order valence-electron chi connectivity index (χ4n) is 2.75. The topological polar surface area (TPSA) is 159 Å². The molecule has 6 N–H and O–H groups in total. The van der Waals surface area contributed by atoms with Crippen LogP contribution >= 0.6 is 0 Å². The second kappa shape index (κ2) is 11.8. The first-order chi connectivity index (χ1) is 13.6. The van der Waals surface area contributed by atoms with Crippen molar-refractivity contribution in [2.24, 2.45) is 11.7 Å². The molecule has 2 amide bonds. The number of carbonyl (C=O) groups excluding carboxylic acids is 2.